The van der Waals surface area contributed by atoms with Crippen LogP contribution >= 0.6 is 7.92 Å². The lowest BCUT2D eigenvalue weighted by Gasteiger charge is -2.55. The van der Waals surface area contributed by atoms with Gasteiger partial charge in [-0.2, -0.15) is 0 Å². The summed E-state index contributed by atoms with van der Waals surface area (Å²) in [5.74, 6) is 0. The predicted octanol–water partition coefficient (Wildman–Crippen LogP) is 6.29. The Hall–Kier alpha value is -1.13. The Balaban J connectivity index is 2.07. The number of allylic oxidation sites excluding steroid dienone is 12. The van der Waals surface area contributed by atoms with Gasteiger partial charge in [-0.3, -0.25) is 0 Å². The van der Waals surface area contributed by atoms with Crippen LogP contribution in [0, 0.1) is 0 Å². The lowest BCUT2D eigenvalue weighted by Crippen LogP contribution is -2.42. The summed E-state index contributed by atoms with van der Waals surface area (Å²) in [6, 6.07) is 0. The van der Waals surface area contributed by atoms with Gasteiger partial charge in [-0.15, -0.1) is 0 Å². The Morgan fingerprint density at radius 1 is 0.545 bits per heavy atom. The molecule has 0 saturated carbocycles. The van der Waals surface area contributed by atoms with Gasteiger partial charge in [0.1, 0.15) is 0 Å². The van der Waals surface area contributed by atoms with E-state index >= 15 is 0 Å². The summed E-state index contributed by atoms with van der Waals surface area (Å²) in [5, 5.41) is 0.788. The lowest BCUT2D eigenvalue weighted by molar-refractivity contribution is 0.650. The van der Waals surface area contributed by atoms with Crippen molar-refractivity contribution in [2.75, 3.05) is 0 Å². The van der Waals surface area contributed by atoms with E-state index in [9.17, 15) is 0 Å². The molecular weight excluding hydrogens is 283 g/mol. The first-order valence-electron chi connectivity index (χ1n) is 8.32. The van der Waals surface area contributed by atoms with Crippen molar-refractivity contribution in [1.29, 1.82) is 0 Å². The van der Waals surface area contributed by atoms with E-state index in [2.05, 4.69) is 93.7 Å². The minimum atomic E-state index is -0.275. The second-order valence-corrected chi connectivity index (χ2v) is 11.1. The van der Waals surface area contributed by atoms with Crippen LogP contribution in [0.2, 0.25) is 0 Å². The summed E-state index contributed by atoms with van der Waals surface area (Å²) in [7, 11) is -0.275. The highest BCUT2D eigenvalue weighted by Crippen LogP contribution is 2.72. The molecule has 3 rings (SSSR count). The Morgan fingerprint density at radius 2 is 0.864 bits per heavy atom. The van der Waals surface area contributed by atoms with E-state index in [0.29, 0.717) is 0 Å². The number of hydrogen-bond donors (Lipinski definition) is 0. The van der Waals surface area contributed by atoms with Crippen molar-refractivity contribution in [2.45, 2.75) is 55.5 Å². The smallest absolute Gasteiger partial charge is 0.0109 e. The van der Waals surface area contributed by atoms with E-state index in [1.807, 2.05) is 0 Å². The Morgan fingerprint density at radius 3 is 1.09 bits per heavy atom. The van der Waals surface area contributed by atoms with E-state index in [1.54, 1.807) is 0 Å². The summed E-state index contributed by atoms with van der Waals surface area (Å²) < 4.78 is 0. The van der Waals surface area contributed by atoms with Crippen molar-refractivity contribution in [1.82, 2.24) is 0 Å². The molecule has 3 aliphatic carbocycles. The second kappa shape index (κ2) is 5.82. The lowest BCUT2D eigenvalue weighted by atomic mass is 9.99. The van der Waals surface area contributed by atoms with Gasteiger partial charge in [0.15, 0.2) is 0 Å². The fraction of sp³-hybridized carbons (Fsp3) is 0.429. The van der Waals surface area contributed by atoms with Gasteiger partial charge in [-0.25, -0.2) is 0 Å². The molecule has 0 nitrogen and oxygen atoms in total. The van der Waals surface area contributed by atoms with E-state index < -0.39 is 0 Å². The van der Waals surface area contributed by atoms with Crippen molar-refractivity contribution >= 4 is 7.92 Å². The van der Waals surface area contributed by atoms with Crippen LogP contribution in [-0.2, 0) is 0 Å². The first-order valence-corrected chi connectivity index (χ1v) is 9.66. The molecule has 0 N–H and O–H groups in total. The normalized spacial score (nSPS) is 41.0. The van der Waals surface area contributed by atoms with Gasteiger partial charge >= 0.3 is 0 Å². The van der Waals surface area contributed by atoms with Gasteiger partial charge in [0.2, 0.25) is 0 Å². The van der Waals surface area contributed by atoms with Crippen LogP contribution in [0.5, 0.6) is 0 Å². The molecule has 1 heteroatoms. The minimum Gasteiger partial charge on any atom is -0.0833 e. The number of rotatable bonds is 3. The van der Waals surface area contributed by atoms with Crippen molar-refractivity contribution in [3.63, 3.8) is 0 Å². The first-order chi connectivity index (χ1) is 10.5. The molecule has 0 aliphatic heterocycles. The summed E-state index contributed by atoms with van der Waals surface area (Å²) >= 11 is 0. The van der Waals surface area contributed by atoms with Gasteiger partial charge in [0.25, 0.3) is 0 Å². The molecule has 3 aliphatic rings. The molecular formula is C21H27P. The zero-order valence-electron chi connectivity index (χ0n) is 14.0. The molecule has 0 aromatic carbocycles. The first kappa shape index (κ1) is 15.8. The van der Waals surface area contributed by atoms with Crippen molar-refractivity contribution in [3.8, 4) is 0 Å². The highest BCUT2D eigenvalue weighted by molar-refractivity contribution is 7.63. The molecule has 0 radical (unpaired) electrons. The van der Waals surface area contributed by atoms with E-state index in [0.717, 1.165) is 19.3 Å². The summed E-state index contributed by atoms with van der Waals surface area (Å²) in [6.45, 7) is 7.44. The molecule has 0 heterocycles. The zero-order valence-corrected chi connectivity index (χ0v) is 14.9. The van der Waals surface area contributed by atoms with Crippen LogP contribution in [0.1, 0.15) is 40.0 Å². The molecule has 116 valence electrons. The summed E-state index contributed by atoms with van der Waals surface area (Å²) in [5.41, 5.74) is 0. The van der Waals surface area contributed by atoms with Gasteiger partial charge < -0.3 is 0 Å². The zero-order chi connectivity index (χ0) is 15.7. The van der Waals surface area contributed by atoms with Crippen LogP contribution in [0.25, 0.3) is 0 Å². The van der Waals surface area contributed by atoms with Crippen LogP contribution < -0.4 is 0 Å². The fourth-order valence-corrected chi connectivity index (χ4v) is 9.47. The van der Waals surface area contributed by atoms with Gasteiger partial charge in [-0.05, 0) is 19.3 Å². The quantitative estimate of drug-likeness (QED) is 0.537. The molecule has 0 spiro atoms. The third-order valence-electron chi connectivity index (χ3n) is 5.23. The highest BCUT2D eigenvalue weighted by Gasteiger charge is 2.51. The third-order valence-corrected chi connectivity index (χ3v) is 9.29. The molecule has 0 fully saturated rings. The SMILES string of the molecule is CC1(P(C2(C)C=CC=CC2)C2(C)C=CC=CC2)C=CC=CC1. The average Bonchev–Trinajstić information content (AvgIpc) is 2.48. The highest BCUT2D eigenvalue weighted by atomic mass is 31.1. The van der Waals surface area contributed by atoms with E-state index in [4.69, 9.17) is 0 Å². The van der Waals surface area contributed by atoms with E-state index in [1.165, 1.54) is 0 Å². The molecule has 0 amide bonds. The maximum absolute atomic E-state index is 2.48. The summed E-state index contributed by atoms with van der Waals surface area (Å²) in [6.07, 6.45) is 31.4. The molecule has 0 aromatic heterocycles. The van der Waals surface area contributed by atoms with Gasteiger partial charge in [0.05, 0.1) is 0 Å². The summed E-state index contributed by atoms with van der Waals surface area (Å²) in [4.78, 5) is 0. The van der Waals surface area contributed by atoms with Crippen LogP contribution in [0.3, 0.4) is 0 Å². The minimum absolute atomic E-state index is 0.263. The predicted molar refractivity (Wildman–Crippen MR) is 101 cm³/mol. The average molecular weight is 310 g/mol. The topological polar surface area (TPSA) is 0 Å². The Bertz CT molecular complexity index is 518. The van der Waals surface area contributed by atoms with E-state index in [-0.39, 0.29) is 23.4 Å². The van der Waals surface area contributed by atoms with Crippen molar-refractivity contribution < 1.29 is 0 Å². The molecule has 0 saturated heterocycles. The maximum atomic E-state index is 2.48. The largest absolute Gasteiger partial charge is 0.0833 e. The molecule has 0 bridgehead atoms. The van der Waals surface area contributed by atoms with Crippen LogP contribution in [-0.4, -0.2) is 15.5 Å². The second-order valence-electron chi connectivity index (χ2n) is 7.38. The van der Waals surface area contributed by atoms with Crippen LogP contribution in [0.4, 0.5) is 0 Å². The molecule has 0 aromatic rings. The van der Waals surface area contributed by atoms with Crippen LogP contribution in [0.15, 0.2) is 72.9 Å². The fourth-order valence-electron chi connectivity index (χ4n) is 4.40. The third kappa shape index (κ3) is 2.74. The Kier molecular flexibility index (Phi) is 4.17. The van der Waals surface area contributed by atoms with Gasteiger partial charge in [-0.1, -0.05) is 102 Å². The maximum Gasteiger partial charge on any atom is 0.0109 e. The van der Waals surface area contributed by atoms with Crippen molar-refractivity contribution in [2.24, 2.45) is 0 Å². The number of hydrogen-bond acceptors (Lipinski definition) is 0. The molecule has 3 unspecified atom stereocenters. The van der Waals surface area contributed by atoms with Crippen molar-refractivity contribution in [3.05, 3.63) is 72.9 Å². The monoisotopic (exact) mass is 310 g/mol. The molecule has 3 atom stereocenters. The van der Waals surface area contributed by atoms with Gasteiger partial charge in [0, 0.05) is 15.5 Å². The Labute approximate surface area is 136 Å². The standard InChI is InChI=1S/C21H27P/c1-19(13-7-4-8-14-19)22(20(2)15-9-5-10-16-20)21(3)17-11-6-12-18-21/h4-13,15,17H,14,16,18H2,1-3H3. The molecule has 22 heavy (non-hydrogen) atoms.